The van der Waals surface area contributed by atoms with Crippen molar-refractivity contribution < 1.29 is 23.8 Å². The molecule has 2 heterocycles. The third kappa shape index (κ3) is 5.77. The van der Waals surface area contributed by atoms with E-state index in [2.05, 4.69) is 10.3 Å². The molecule has 2 aliphatic rings. The Kier molecular flexibility index (Phi) is 8.00. The first-order valence-corrected chi connectivity index (χ1v) is 14.5. The van der Waals surface area contributed by atoms with E-state index in [1.165, 1.54) is 0 Å². The number of hydrogen-bond donors (Lipinski definition) is 1. The number of piperazine rings is 1. The molecule has 0 bridgehead atoms. The molecule has 0 atom stereocenters. The monoisotopic (exact) mass is 582 g/mol. The summed E-state index contributed by atoms with van der Waals surface area (Å²) in [6, 6.07) is 22.6. The molecule has 0 radical (unpaired) electrons. The first-order chi connectivity index (χ1) is 21.0. The van der Waals surface area contributed by atoms with Crippen LogP contribution in [0.15, 0.2) is 83.9 Å². The molecule has 2 amide bonds. The summed E-state index contributed by atoms with van der Waals surface area (Å²) >= 11 is 0. The average molecular weight is 583 g/mol. The maximum atomic E-state index is 13.4. The minimum absolute atomic E-state index is 0.142. The van der Waals surface area contributed by atoms with Gasteiger partial charge in [-0.3, -0.25) is 19.1 Å². The van der Waals surface area contributed by atoms with Crippen molar-refractivity contribution in [3.05, 3.63) is 101 Å². The lowest BCUT2D eigenvalue weighted by molar-refractivity contribution is -0.140. The van der Waals surface area contributed by atoms with E-state index in [4.69, 9.17) is 14.2 Å². The maximum Gasteiger partial charge on any atom is 0.411 e. The number of nitrogens with one attached hydrogen (secondary N) is 1. The lowest BCUT2D eigenvalue weighted by Crippen LogP contribution is -2.67. The molecule has 43 heavy (non-hydrogen) atoms. The zero-order chi connectivity index (χ0) is 29.8. The highest BCUT2D eigenvalue weighted by atomic mass is 16.6. The highest BCUT2D eigenvalue weighted by molar-refractivity contribution is 5.91. The molecule has 1 saturated heterocycles. The molecule has 2 fully saturated rings. The molecular formula is C33H34N4O6. The second-order valence-corrected chi connectivity index (χ2v) is 11.0. The van der Waals surface area contributed by atoms with Gasteiger partial charge in [-0.2, -0.15) is 0 Å². The van der Waals surface area contributed by atoms with E-state index in [1.807, 2.05) is 60.7 Å². The van der Waals surface area contributed by atoms with Gasteiger partial charge in [0.05, 0.1) is 37.0 Å². The summed E-state index contributed by atoms with van der Waals surface area (Å²) in [7, 11) is 1.55. The number of aromatic nitrogens is 2. The largest absolute Gasteiger partial charge is 0.493 e. The summed E-state index contributed by atoms with van der Waals surface area (Å²) in [5.41, 5.74) is 1.23. The smallest absolute Gasteiger partial charge is 0.411 e. The zero-order valence-corrected chi connectivity index (χ0v) is 24.0. The van der Waals surface area contributed by atoms with Crippen LogP contribution < -0.4 is 20.3 Å². The second-order valence-electron chi connectivity index (χ2n) is 11.0. The van der Waals surface area contributed by atoms with Gasteiger partial charge in [0, 0.05) is 19.2 Å². The van der Waals surface area contributed by atoms with Gasteiger partial charge in [-0.05, 0) is 42.9 Å². The molecule has 0 unspecified atom stereocenters. The quantitative estimate of drug-likeness (QED) is 0.346. The summed E-state index contributed by atoms with van der Waals surface area (Å²) in [4.78, 5) is 45.9. The second kappa shape index (κ2) is 12.2. The first-order valence-electron chi connectivity index (χ1n) is 14.5. The number of methoxy groups -OCH3 is 1. The van der Waals surface area contributed by atoms with Gasteiger partial charge >= 0.3 is 6.09 Å². The molecule has 1 saturated carbocycles. The fraction of sp³-hybridized carbons (Fsp3) is 0.333. The topological polar surface area (TPSA) is 112 Å². The average Bonchev–Trinajstić information content (AvgIpc) is 3.04. The Bertz CT molecular complexity index is 1670. The van der Waals surface area contributed by atoms with Crippen LogP contribution in [-0.4, -0.2) is 58.3 Å². The van der Waals surface area contributed by atoms with Crippen LogP contribution in [0.25, 0.3) is 10.9 Å². The lowest BCUT2D eigenvalue weighted by atomic mass is 9.77. The van der Waals surface area contributed by atoms with Gasteiger partial charge in [0.25, 0.3) is 5.56 Å². The van der Waals surface area contributed by atoms with E-state index in [1.54, 1.807) is 35.0 Å². The number of fused-ring (bicyclic) bond motifs is 1. The molecule has 10 nitrogen and oxygen atoms in total. The number of carbonyl (C=O) groups excluding carboxylic acids is 2. The molecule has 1 aliphatic heterocycles. The Morgan fingerprint density at radius 1 is 0.977 bits per heavy atom. The Hall–Kier alpha value is -4.86. The Morgan fingerprint density at radius 2 is 1.67 bits per heavy atom. The predicted molar refractivity (Wildman–Crippen MR) is 160 cm³/mol. The van der Waals surface area contributed by atoms with Gasteiger partial charge in [-0.1, -0.05) is 60.7 Å². The molecule has 4 aromatic rings. The molecule has 1 aliphatic carbocycles. The zero-order valence-electron chi connectivity index (χ0n) is 24.0. The van der Waals surface area contributed by atoms with Crippen LogP contribution in [-0.2, 0) is 22.7 Å². The molecule has 6 rings (SSSR count). The number of nitrogens with zero attached hydrogens (tertiary/aromatic N) is 3. The van der Waals surface area contributed by atoms with Crippen molar-refractivity contribution in [3.63, 3.8) is 0 Å². The normalized spacial score (nSPS) is 20.1. The molecule has 3 aromatic carbocycles. The molecule has 10 heteroatoms. The first kappa shape index (κ1) is 28.3. The number of rotatable bonds is 7. The minimum Gasteiger partial charge on any atom is -0.493 e. The molecular weight excluding hydrogens is 548 g/mol. The van der Waals surface area contributed by atoms with Crippen LogP contribution in [0.1, 0.15) is 36.8 Å². The van der Waals surface area contributed by atoms with Crippen molar-refractivity contribution in [2.45, 2.75) is 50.5 Å². The van der Waals surface area contributed by atoms with Crippen molar-refractivity contribution in [1.82, 2.24) is 19.8 Å². The van der Waals surface area contributed by atoms with E-state index < -0.39 is 11.6 Å². The van der Waals surface area contributed by atoms with Gasteiger partial charge in [-0.15, -0.1) is 0 Å². The molecule has 1 aromatic heterocycles. The molecule has 1 spiro atoms. The van der Waals surface area contributed by atoms with E-state index in [0.717, 1.165) is 11.1 Å². The van der Waals surface area contributed by atoms with E-state index in [0.29, 0.717) is 67.7 Å². The standard InChI is InChI=1S/C33H34N4O6/c1-41-28-19-27-26(30(38)36(22-35-27)20-23-8-4-2-5-9-23)18-29(28)43-25-12-14-33(15-13-25)31(39)34-16-17-37(33)32(40)42-21-24-10-6-3-7-11-24/h2-11,18-19,22,25H,12-17,20-21H2,1H3,(H,34,39)/t25-,33-. The molecule has 1 N–H and O–H groups in total. The summed E-state index contributed by atoms with van der Waals surface area (Å²) < 4.78 is 19.2. The van der Waals surface area contributed by atoms with Gasteiger partial charge in [0.2, 0.25) is 5.91 Å². The Morgan fingerprint density at radius 3 is 2.37 bits per heavy atom. The van der Waals surface area contributed by atoms with Crippen molar-refractivity contribution in [2.24, 2.45) is 0 Å². The fourth-order valence-electron chi connectivity index (χ4n) is 6.02. The van der Waals surface area contributed by atoms with Crippen LogP contribution >= 0.6 is 0 Å². The van der Waals surface area contributed by atoms with Gasteiger partial charge in [0.1, 0.15) is 12.1 Å². The highest BCUT2D eigenvalue weighted by Crippen LogP contribution is 2.39. The number of ether oxygens (including phenoxy) is 3. The van der Waals surface area contributed by atoms with E-state index >= 15 is 0 Å². The van der Waals surface area contributed by atoms with E-state index in [9.17, 15) is 14.4 Å². The van der Waals surface area contributed by atoms with E-state index in [-0.39, 0.29) is 24.2 Å². The van der Waals surface area contributed by atoms with Gasteiger partial charge < -0.3 is 19.5 Å². The number of amides is 2. The summed E-state index contributed by atoms with van der Waals surface area (Å²) in [6.45, 7) is 1.31. The maximum absolute atomic E-state index is 13.4. The van der Waals surface area contributed by atoms with Crippen molar-refractivity contribution >= 4 is 22.9 Å². The van der Waals surface area contributed by atoms with Crippen LogP contribution in [0.2, 0.25) is 0 Å². The SMILES string of the molecule is COc1cc2ncn(Cc3ccccc3)c(=O)c2cc1O[C@H]1CC[C@]2(CC1)C(=O)NCCN2C(=O)OCc1ccccc1. The van der Waals surface area contributed by atoms with Gasteiger partial charge in [-0.25, -0.2) is 9.78 Å². The van der Waals surface area contributed by atoms with Crippen molar-refractivity contribution in [1.29, 1.82) is 0 Å². The van der Waals surface area contributed by atoms with Crippen LogP contribution in [0.4, 0.5) is 4.79 Å². The lowest BCUT2D eigenvalue weighted by Gasteiger charge is -2.48. The summed E-state index contributed by atoms with van der Waals surface area (Å²) in [5.74, 6) is 0.753. The third-order valence-corrected chi connectivity index (χ3v) is 8.34. The summed E-state index contributed by atoms with van der Waals surface area (Å²) in [6.07, 6.45) is 2.72. The Labute approximate surface area is 249 Å². The number of carbonyl (C=O) groups is 2. The van der Waals surface area contributed by atoms with Crippen molar-refractivity contribution in [3.8, 4) is 11.5 Å². The Balaban J connectivity index is 1.18. The van der Waals surface area contributed by atoms with Crippen molar-refractivity contribution in [2.75, 3.05) is 20.2 Å². The van der Waals surface area contributed by atoms with Crippen LogP contribution in [0, 0.1) is 0 Å². The third-order valence-electron chi connectivity index (χ3n) is 8.34. The van der Waals surface area contributed by atoms with Gasteiger partial charge in [0.15, 0.2) is 11.5 Å². The van der Waals surface area contributed by atoms with Crippen LogP contribution in [0.3, 0.4) is 0 Å². The summed E-state index contributed by atoms with van der Waals surface area (Å²) in [5, 5.41) is 3.37. The van der Waals surface area contributed by atoms with Crippen LogP contribution in [0.5, 0.6) is 11.5 Å². The predicted octanol–water partition coefficient (Wildman–Crippen LogP) is 4.28. The fourth-order valence-corrected chi connectivity index (χ4v) is 6.02. The molecule has 222 valence electrons. The minimum atomic E-state index is -0.992. The number of benzene rings is 3. The highest BCUT2D eigenvalue weighted by Gasteiger charge is 2.51. The number of hydrogen-bond acceptors (Lipinski definition) is 7.